The second-order valence-electron chi connectivity index (χ2n) is 4.15. The fourth-order valence-corrected chi connectivity index (χ4v) is 2.10. The van der Waals surface area contributed by atoms with Gasteiger partial charge in [0, 0.05) is 12.7 Å². The first-order valence-corrected chi connectivity index (χ1v) is 7.09. The molecule has 0 aromatic heterocycles. The van der Waals surface area contributed by atoms with Gasteiger partial charge >= 0.3 is 5.97 Å². The summed E-state index contributed by atoms with van der Waals surface area (Å²) in [6.45, 7) is 3.56. The van der Waals surface area contributed by atoms with Gasteiger partial charge in [0.2, 0.25) is 0 Å². The molecule has 1 atom stereocenters. The van der Waals surface area contributed by atoms with Gasteiger partial charge in [-0.25, -0.2) is 0 Å². The largest absolute Gasteiger partial charge is 0.493 e. The summed E-state index contributed by atoms with van der Waals surface area (Å²) < 4.78 is 5.46. The summed E-state index contributed by atoms with van der Waals surface area (Å²) in [7, 11) is 0. The van der Waals surface area contributed by atoms with Crippen LogP contribution in [0.1, 0.15) is 19.4 Å². The van der Waals surface area contributed by atoms with Crippen LogP contribution in [0.2, 0.25) is 0 Å². The van der Waals surface area contributed by atoms with E-state index < -0.39 is 11.9 Å². The van der Waals surface area contributed by atoms with Crippen LogP contribution < -0.4 is 4.74 Å². The lowest BCUT2D eigenvalue weighted by Crippen LogP contribution is -2.24. The first-order valence-electron chi connectivity index (χ1n) is 6.10. The van der Waals surface area contributed by atoms with Gasteiger partial charge in [-0.05, 0) is 24.1 Å². The highest BCUT2D eigenvalue weighted by atomic mass is 32.2. The van der Waals surface area contributed by atoms with Crippen LogP contribution in [-0.2, 0) is 16.0 Å². The highest BCUT2D eigenvalue weighted by Crippen LogP contribution is 2.16. The van der Waals surface area contributed by atoms with Gasteiger partial charge in [0.05, 0.1) is 0 Å². The molecule has 0 aliphatic heterocycles. The average Bonchev–Trinajstić information content (AvgIpc) is 2.38. The van der Waals surface area contributed by atoms with Crippen molar-refractivity contribution in [2.45, 2.75) is 20.3 Å². The number of rotatable bonds is 7. The minimum absolute atomic E-state index is 0.0705. The van der Waals surface area contributed by atoms with Crippen molar-refractivity contribution in [3.05, 3.63) is 29.8 Å². The van der Waals surface area contributed by atoms with Gasteiger partial charge in [0.1, 0.15) is 18.3 Å². The van der Waals surface area contributed by atoms with E-state index in [4.69, 9.17) is 9.84 Å². The highest BCUT2D eigenvalue weighted by Gasteiger charge is 2.19. The molecular formula is C14H18O4S. The zero-order valence-corrected chi connectivity index (χ0v) is 11.9. The fourth-order valence-electron chi connectivity index (χ4n) is 1.43. The first kappa shape index (κ1) is 15.6. The molecular weight excluding hydrogens is 264 g/mol. The Kier molecular flexibility index (Phi) is 6.42. The molecule has 0 saturated heterocycles. The summed E-state index contributed by atoms with van der Waals surface area (Å²) in [4.78, 5) is 21.9. The molecule has 19 heavy (non-hydrogen) atoms. The quantitative estimate of drug-likeness (QED) is 0.833. The van der Waals surface area contributed by atoms with E-state index in [9.17, 15) is 9.59 Å². The van der Waals surface area contributed by atoms with Gasteiger partial charge in [-0.3, -0.25) is 9.59 Å². The van der Waals surface area contributed by atoms with Crippen LogP contribution in [0.3, 0.4) is 0 Å². The lowest BCUT2D eigenvalue weighted by atomic mass is 10.1. The smallest absolute Gasteiger partial charge is 0.310 e. The van der Waals surface area contributed by atoms with Gasteiger partial charge in [-0.15, -0.1) is 0 Å². The Hall–Kier alpha value is -1.49. The predicted octanol–water partition coefficient (Wildman–Crippen LogP) is 2.61. The molecule has 0 heterocycles. The number of hydrogen-bond donors (Lipinski definition) is 1. The lowest BCUT2D eigenvalue weighted by molar-refractivity contribution is -0.141. The lowest BCUT2D eigenvalue weighted by Gasteiger charge is -2.13. The van der Waals surface area contributed by atoms with Crippen molar-refractivity contribution in [2.24, 2.45) is 5.92 Å². The van der Waals surface area contributed by atoms with Crippen LogP contribution in [0.4, 0.5) is 0 Å². The molecule has 1 aromatic carbocycles. The van der Waals surface area contributed by atoms with Crippen molar-refractivity contribution in [2.75, 3.05) is 12.4 Å². The van der Waals surface area contributed by atoms with Gasteiger partial charge in [0.15, 0.2) is 5.12 Å². The normalized spacial score (nSPS) is 11.9. The summed E-state index contributed by atoms with van der Waals surface area (Å²) in [5.74, 6) is -0.743. The molecule has 0 aliphatic rings. The molecule has 0 bridgehead atoms. The number of thioether (sulfide) groups is 1. The molecule has 0 spiro atoms. The number of carbonyl (C=O) groups excluding carboxylic acids is 1. The molecule has 0 radical (unpaired) electrons. The second kappa shape index (κ2) is 7.84. The number of aliphatic carboxylic acids is 1. The molecule has 1 rings (SSSR count). The second-order valence-corrected chi connectivity index (χ2v) is 5.34. The maximum atomic E-state index is 11.0. The minimum atomic E-state index is -0.945. The molecule has 0 aliphatic carbocycles. The minimum Gasteiger partial charge on any atom is -0.493 e. The van der Waals surface area contributed by atoms with E-state index in [0.717, 1.165) is 18.2 Å². The van der Waals surface area contributed by atoms with E-state index in [2.05, 4.69) is 6.92 Å². The fraction of sp³-hybridized carbons (Fsp3) is 0.429. The molecule has 4 nitrogen and oxygen atoms in total. The van der Waals surface area contributed by atoms with Gasteiger partial charge in [0.25, 0.3) is 0 Å². The van der Waals surface area contributed by atoms with E-state index in [1.807, 2.05) is 24.3 Å². The van der Waals surface area contributed by atoms with Gasteiger partial charge in [-0.2, -0.15) is 0 Å². The summed E-state index contributed by atoms with van der Waals surface area (Å²) in [5, 5.41) is 8.96. The first-order chi connectivity index (χ1) is 9.02. The number of carbonyl (C=O) groups is 2. The van der Waals surface area contributed by atoms with Gasteiger partial charge in [-0.1, -0.05) is 30.8 Å². The Morgan fingerprint density at radius 1 is 1.32 bits per heavy atom. The molecule has 1 aromatic rings. The zero-order valence-electron chi connectivity index (χ0n) is 11.1. The third kappa shape index (κ3) is 5.79. The molecule has 0 fully saturated rings. The van der Waals surface area contributed by atoms with Crippen LogP contribution in [0.5, 0.6) is 5.75 Å². The van der Waals surface area contributed by atoms with Crippen LogP contribution in [0.15, 0.2) is 24.3 Å². The Balaban J connectivity index is 2.50. The van der Waals surface area contributed by atoms with E-state index in [0.29, 0.717) is 5.75 Å². The zero-order chi connectivity index (χ0) is 14.3. The van der Waals surface area contributed by atoms with E-state index in [1.165, 1.54) is 12.5 Å². The summed E-state index contributed by atoms with van der Waals surface area (Å²) in [6, 6.07) is 7.57. The molecule has 1 unspecified atom stereocenters. The van der Waals surface area contributed by atoms with Crippen molar-refractivity contribution in [3.8, 4) is 5.75 Å². The summed E-state index contributed by atoms with van der Waals surface area (Å²) in [6.07, 6.45) is 0.952. The topological polar surface area (TPSA) is 63.6 Å². The van der Waals surface area contributed by atoms with Crippen LogP contribution in [-0.4, -0.2) is 28.6 Å². The number of benzene rings is 1. The van der Waals surface area contributed by atoms with Crippen LogP contribution in [0, 0.1) is 5.92 Å². The number of carboxylic acids is 1. The summed E-state index contributed by atoms with van der Waals surface area (Å²) >= 11 is 1.01. The average molecular weight is 282 g/mol. The van der Waals surface area contributed by atoms with Crippen molar-refractivity contribution in [1.29, 1.82) is 0 Å². The molecule has 104 valence electrons. The van der Waals surface area contributed by atoms with Crippen molar-refractivity contribution < 1.29 is 19.4 Å². The number of aryl methyl sites for hydroxylation is 1. The molecule has 0 amide bonds. The highest BCUT2D eigenvalue weighted by molar-refractivity contribution is 8.13. The van der Waals surface area contributed by atoms with Crippen LogP contribution >= 0.6 is 11.8 Å². The monoisotopic (exact) mass is 282 g/mol. The third-order valence-corrected chi connectivity index (χ3v) is 3.60. The van der Waals surface area contributed by atoms with Crippen molar-refractivity contribution >= 4 is 22.8 Å². The number of hydrogen-bond acceptors (Lipinski definition) is 4. The Morgan fingerprint density at radius 3 is 2.42 bits per heavy atom. The maximum absolute atomic E-state index is 11.0. The Labute approximate surface area is 117 Å². The van der Waals surface area contributed by atoms with E-state index in [1.54, 1.807) is 0 Å². The van der Waals surface area contributed by atoms with E-state index in [-0.39, 0.29) is 17.5 Å². The predicted molar refractivity (Wildman–Crippen MR) is 75.6 cm³/mol. The number of ether oxygens (including phenoxy) is 1. The summed E-state index contributed by atoms with van der Waals surface area (Å²) in [5.41, 5.74) is 1.20. The van der Waals surface area contributed by atoms with E-state index >= 15 is 0 Å². The molecule has 1 N–H and O–H groups in total. The molecule has 0 saturated carbocycles. The maximum Gasteiger partial charge on any atom is 0.310 e. The van der Waals surface area contributed by atoms with Crippen molar-refractivity contribution in [3.63, 3.8) is 0 Å². The SMILES string of the molecule is CCc1ccc(OCC(CSC(C)=O)C(=O)O)cc1. The van der Waals surface area contributed by atoms with Crippen molar-refractivity contribution in [1.82, 2.24) is 0 Å². The Morgan fingerprint density at radius 2 is 1.95 bits per heavy atom. The Bertz CT molecular complexity index is 428. The standard InChI is InChI=1S/C14H18O4S/c1-3-11-4-6-13(7-5-11)18-8-12(14(16)17)9-19-10(2)15/h4-7,12H,3,8-9H2,1-2H3,(H,16,17). The van der Waals surface area contributed by atoms with Crippen LogP contribution in [0.25, 0.3) is 0 Å². The van der Waals surface area contributed by atoms with Gasteiger partial charge < -0.3 is 9.84 Å². The number of carboxylic acid groups (broad SMARTS) is 1. The third-order valence-electron chi connectivity index (χ3n) is 2.62. The molecule has 5 heteroatoms.